The Morgan fingerprint density at radius 2 is 2.00 bits per heavy atom. The Kier molecular flexibility index (Phi) is 4.18. The van der Waals surface area contributed by atoms with Gasteiger partial charge in [0, 0.05) is 0 Å². The summed E-state index contributed by atoms with van der Waals surface area (Å²) >= 11 is 5.81. The molecule has 2 rings (SSSR count). The highest BCUT2D eigenvalue weighted by Crippen LogP contribution is 2.32. The second-order valence-corrected chi connectivity index (χ2v) is 4.58. The number of benzene rings is 2. The predicted octanol–water partition coefficient (Wildman–Crippen LogP) is 4.38. The molecule has 2 aromatic rings. The lowest BCUT2D eigenvalue weighted by Crippen LogP contribution is -2.00. The Labute approximate surface area is 124 Å². The minimum Gasteiger partial charge on any atom is -0.456 e. The molecule has 0 bridgehead atoms. The molecule has 7 heteroatoms. The SMILES string of the molecule is CC(=O)c1ccc(Oc2ccc(F)cc2Cl)cc1[N+](=O)[O-]. The molecule has 0 fully saturated rings. The van der Waals surface area contributed by atoms with E-state index in [0.29, 0.717) is 0 Å². The van der Waals surface area contributed by atoms with E-state index in [1.165, 1.54) is 25.1 Å². The van der Waals surface area contributed by atoms with Gasteiger partial charge in [-0.1, -0.05) is 11.6 Å². The summed E-state index contributed by atoms with van der Waals surface area (Å²) in [4.78, 5) is 21.6. The van der Waals surface area contributed by atoms with E-state index in [-0.39, 0.29) is 27.8 Å². The average molecular weight is 310 g/mol. The molecule has 0 aliphatic rings. The summed E-state index contributed by atoms with van der Waals surface area (Å²) in [6.45, 7) is 1.24. The number of nitrogens with zero attached hydrogens (tertiary/aromatic N) is 1. The van der Waals surface area contributed by atoms with Crippen molar-refractivity contribution in [2.75, 3.05) is 0 Å². The number of carbonyl (C=O) groups is 1. The quantitative estimate of drug-likeness (QED) is 0.477. The van der Waals surface area contributed by atoms with Crippen LogP contribution in [0.25, 0.3) is 0 Å². The molecule has 5 nitrogen and oxygen atoms in total. The molecule has 21 heavy (non-hydrogen) atoms. The van der Waals surface area contributed by atoms with E-state index < -0.39 is 16.5 Å². The summed E-state index contributed by atoms with van der Waals surface area (Å²) in [6.07, 6.45) is 0. The molecule has 2 aromatic carbocycles. The molecule has 0 saturated carbocycles. The van der Waals surface area contributed by atoms with Crippen molar-refractivity contribution in [3.05, 3.63) is 62.9 Å². The maximum atomic E-state index is 12.9. The van der Waals surface area contributed by atoms with E-state index in [9.17, 15) is 19.3 Å². The lowest BCUT2D eigenvalue weighted by Gasteiger charge is -2.08. The molecule has 108 valence electrons. The first-order chi connectivity index (χ1) is 9.88. The van der Waals surface area contributed by atoms with Gasteiger partial charge in [-0.3, -0.25) is 14.9 Å². The Morgan fingerprint density at radius 1 is 1.29 bits per heavy atom. The Morgan fingerprint density at radius 3 is 2.57 bits per heavy atom. The molecular weight excluding hydrogens is 301 g/mol. The number of carbonyl (C=O) groups excluding carboxylic acids is 1. The molecule has 0 unspecified atom stereocenters. The van der Waals surface area contributed by atoms with Crippen molar-refractivity contribution < 1.29 is 18.8 Å². The zero-order chi connectivity index (χ0) is 15.6. The van der Waals surface area contributed by atoms with Crippen molar-refractivity contribution in [2.24, 2.45) is 0 Å². The first-order valence-corrected chi connectivity index (χ1v) is 6.18. The molecule has 0 saturated heterocycles. The summed E-state index contributed by atoms with van der Waals surface area (Å²) < 4.78 is 18.3. The van der Waals surface area contributed by atoms with Crippen LogP contribution in [0.1, 0.15) is 17.3 Å². The maximum Gasteiger partial charge on any atom is 0.283 e. The van der Waals surface area contributed by atoms with Crippen molar-refractivity contribution >= 4 is 23.1 Å². The van der Waals surface area contributed by atoms with E-state index in [1.54, 1.807) is 0 Å². The first-order valence-electron chi connectivity index (χ1n) is 5.81. The van der Waals surface area contributed by atoms with Gasteiger partial charge >= 0.3 is 0 Å². The van der Waals surface area contributed by atoms with Gasteiger partial charge < -0.3 is 4.74 Å². The topological polar surface area (TPSA) is 69.4 Å². The molecule has 0 amide bonds. The van der Waals surface area contributed by atoms with Crippen molar-refractivity contribution in [3.8, 4) is 11.5 Å². The zero-order valence-electron chi connectivity index (χ0n) is 10.8. The maximum absolute atomic E-state index is 12.9. The molecule has 0 heterocycles. The van der Waals surface area contributed by atoms with Crippen LogP contribution in [0, 0.1) is 15.9 Å². The number of halogens is 2. The summed E-state index contributed by atoms with van der Waals surface area (Å²) in [5, 5.41) is 11.0. The van der Waals surface area contributed by atoms with Crippen molar-refractivity contribution in [1.29, 1.82) is 0 Å². The van der Waals surface area contributed by atoms with E-state index in [2.05, 4.69) is 0 Å². The smallest absolute Gasteiger partial charge is 0.283 e. The number of nitro benzene ring substituents is 1. The summed E-state index contributed by atoms with van der Waals surface area (Å²) in [5.41, 5.74) is -0.379. The third-order valence-corrected chi connectivity index (χ3v) is 2.96. The Balaban J connectivity index is 2.39. The number of ketones is 1. The molecular formula is C14H9ClFNO4. The van der Waals surface area contributed by atoms with Crippen LogP contribution in [0.4, 0.5) is 10.1 Å². The Hall–Kier alpha value is -2.47. The molecule has 0 radical (unpaired) electrons. The van der Waals surface area contributed by atoms with Crippen LogP contribution in [0.2, 0.25) is 5.02 Å². The van der Waals surface area contributed by atoms with Crippen LogP contribution in [0.5, 0.6) is 11.5 Å². The van der Waals surface area contributed by atoms with Gasteiger partial charge in [0.05, 0.1) is 21.6 Å². The highest BCUT2D eigenvalue weighted by atomic mass is 35.5. The van der Waals surface area contributed by atoms with Crippen LogP contribution >= 0.6 is 11.6 Å². The second-order valence-electron chi connectivity index (χ2n) is 4.17. The van der Waals surface area contributed by atoms with Gasteiger partial charge in [-0.2, -0.15) is 0 Å². The zero-order valence-corrected chi connectivity index (χ0v) is 11.6. The number of hydrogen-bond donors (Lipinski definition) is 0. The minimum atomic E-state index is -0.671. The summed E-state index contributed by atoms with van der Waals surface area (Å²) in [5.74, 6) is -0.665. The Bertz CT molecular complexity index is 733. The predicted molar refractivity (Wildman–Crippen MR) is 74.6 cm³/mol. The molecule has 0 aliphatic heterocycles. The molecule has 0 N–H and O–H groups in total. The fourth-order valence-electron chi connectivity index (χ4n) is 1.71. The third kappa shape index (κ3) is 3.35. The van der Waals surface area contributed by atoms with Crippen LogP contribution in [-0.4, -0.2) is 10.7 Å². The minimum absolute atomic E-state index is 0.0162. The fourth-order valence-corrected chi connectivity index (χ4v) is 1.91. The standard InChI is InChI=1S/C14H9ClFNO4/c1-8(18)11-4-3-10(7-13(11)17(19)20)21-14-5-2-9(16)6-12(14)15/h2-7H,1H3. The van der Waals surface area contributed by atoms with E-state index in [1.807, 2.05) is 0 Å². The third-order valence-electron chi connectivity index (χ3n) is 2.67. The lowest BCUT2D eigenvalue weighted by atomic mass is 10.1. The van der Waals surface area contributed by atoms with E-state index in [4.69, 9.17) is 16.3 Å². The first kappa shape index (κ1) is 14.9. The van der Waals surface area contributed by atoms with Crippen molar-refractivity contribution in [3.63, 3.8) is 0 Å². The van der Waals surface area contributed by atoms with Crippen LogP contribution in [0.15, 0.2) is 36.4 Å². The fraction of sp³-hybridized carbons (Fsp3) is 0.0714. The molecule has 0 aliphatic carbocycles. The summed E-state index contributed by atoms with van der Waals surface area (Å²) in [6, 6.07) is 7.35. The van der Waals surface area contributed by atoms with Gasteiger partial charge in [-0.25, -0.2) is 4.39 Å². The van der Waals surface area contributed by atoms with Gasteiger partial charge in [0.15, 0.2) is 5.78 Å². The summed E-state index contributed by atoms with van der Waals surface area (Å²) in [7, 11) is 0. The van der Waals surface area contributed by atoms with Gasteiger partial charge in [-0.05, 0) is 37.3 Å². The number of nitro groups is 1. The normalized spacial score (nSPS) is 10.2. The number of hydrogen-bond acceptors (Lipinski definition) is 4. The van der Waals surface area contributed by atoms with Crippen molar-refractivity contribution in [2.45, 2.75) is 6.92 Å². The molecule has 0 aromatic heterocycles. The van der Waals surface area contributed by atoms with Crippen LogP contribution in [0.3, 0.4) is 0 Å². The lowest BCUT2D eigenvalue weighted by molar-refractivity contribution is -0.385. The average Bonchev–Trinajstić information content (AvgIpc) is 2.41. The van der Waals surface area contributed by atoms with E-state index >= 15 is 0 Å². The largest absolute Gasteiger partial charge is 0.456 e. The highest BCUT2D eigenvalue weighted by Gasteiger charge is 2.19. The van der Waals surface area contributed by atoms with Gasteiger partial charge in [0.1, 0.15) is 17.3 Å². The van der Waals surface area contributed by atoms with Gasteiger partial charge in [-0.15, -0.1) is 0 Å². The van der Waals surface area contributed by atoms with E-state index in [0.717, 1.165) is 18.2 Å². The molecule has 0 spiro atoms. The number of rotatable bonds is 4. The van der Waals surface area contributed by atoms with Gasteiger partial charge in [0.25, 0.3) is 5.69 Å². The number of ether oxygens (including phenoxy) is 1. The van der Waals surface area contributed by atoms with Crippen molar-refractivity contribution in [1.82, 2.24) is 0 Å². The van der Waals surface area contributed by atoms with Crippen LogP contribution < -0.4 is 4.74 Å². The molecule has 0 atom stereocenters. The highest BCUT2D eigenvalue weighted by molar-refractivity contribution is 6.32. The second kappa shape index (κ2) is 5.88. The monoisotopic (exact) mass is 309 g/mol. The van der Waals surface area contributed by atoms with Crippen LogP contribution in [-0.2, 0) is 0 Å². The van der Waals surface area contributed by atoms with Gasteiger partial charge in [0.2, 0.25) is 0 Å². The number of Topliss-reactive ketones (excluding diaryl/α,β-unsaturated/α-hetero) is 1.